The van der Waals surface area contributed by atoms with Crippen LogP contribution < -0.4 is 0 Å². The van der Waals surface area contributed by atoms with E-state index in [1.165, 1.54) is 5.56 Å². The van der Waals surface area contributed by atoms with Gasteiger partial charge in [-0.2, -0.15) is 0 Å². The predicted molar refractivity (Wildman–Crippen MR) is 60.0 cm³/mol. The standard InChI is InChI=1S/C11H17NS/c1-9(13-11(2,3)4)10-6-5-7-12-8-10/h5-9H,1-4H3. The summed E-state index contributed by atoms with van der Waals surface area (Å²) in [6.45, 7) is 8.95. The first-order valence-electron chi connectivity index (χ1n) is 4.57. The highest BCUT2D eigenvalue weighted by Crippen LogP contribution is 2.37. The largest absolute Gasteiger partial charge is 0.264 e. The maximum atomic E-state index is 4.12. The van der Waals surface area contributed by atoms with Crippen LogP contribution in [0.2, 0.25) is 0 Å². The van der Waals surface area contributed by atoms with Crippen molar-refractivity contribution in [3.63, 3.8) is 0 Å². The minimum Gasteiger partial charge on any atom is -0.264 e. The number of pyridine rings is 1. The molecule has 0 aliphatic heterocycles. The van der Waals surface area contributed by atoms with Gasteiger partial charge in [0.15, 0.2) is 0 Å². The molecule has 2 heteroatoms. The zero-order chi connectivity index (χ0) is 9.90. The summed E-state index contributed by atoms with van der Waals surface area (Å²) in [6, 6.07) is 4.13. The Morgan fingerprint density at radius 2 is 2.08 bits per heavy atom. The van der Waals surface area contributed by atoms with Crippen LogP contribution in [0.4, 0.5) is 0 Å². The molecule has 0 bridgehead atoms. The summed E-state index contributed by atoms with van der Waals surface area (Å²) in [5, 5.41) is 0.522. The Balaban J connectivity index is 2.64. The zero-order valence-electron chi connectivity index (χ0n) is 8.74. The Labute approximate surface area is 85.0 Å². The van der Waals surface area contributed by atoms with Crippen LogP contribution in [0.1, 0.15) is 38.5 Å². The van der Waals surface area contributed by atoms with Gasteiger partial charge < -0.3 is 0 Å². The van der Waals surface area contributed by atoms with Crippen molar-refractivity contribution in [3.05, 3.63) is 30.1 Å². The van der Waals surface area contributed by atoms with Gasteiger partial charge in [-0.1, -0.05) is 26.8 Å². The summed E-state index contributed by atoms with van der Waals surface area (Å²) in [4.78, 5) is 4.12. The second-order valence-corrected chi connectivity index (χ2v) is 6.33. The van der Waals surface area contributed by atoms with Gasteiger partial charge in [-0.3, -0.25) is 4.98 Å². The van der Waals surface area contributed by atoms with E-state index in [0.29, 0.717) is 10.00 Å². The third-order valence-electron chi connectivity index (χ3n) is 1.68. The third kappa shape index (κ3) is 3.81. The molecule has 0 aliphatic carbocycles. The Hall–Kier alpha value is -0.500. The zero-order valence-corrected chi connectivity index (χ0v) is 9.56. The molecule has 0 spiro atoms. The van der Waals surface area contributed by atoms with Crippen molar-refractivity contribution in [1.82, 2.24) is 4.98 Å². The van der Waals surface area contributed by atoms with E-state index in [1.807, 2.05) is 30.2 Å². The van der Waals surface area contributed by atoms with Crippen molar-refractivity contribution in [3.8, 4) is 0 Å². The highest BCUT2D eigenvalue weighted by Gasteiger charge is 2.16. The number of thioether (sulfide) groups is 1. The Morgan fingerprint density at radius 3 is 2.54 bits per heavy atom. The van der Waals surface area contributed by atoms with E-state index in [2.05, 4.69) is 38.7 Å². The Bertz CT molecular complexity index is 251. The molecule has 1 aromatic rings. The van der Waals surface area contributed by atoms with Crippen LogP contribution in [-0.4, -0.2) is 9.73 Å². The SMILES string of the molecule is CC(SC(C)(C)C)c1cccnc1. The summed E-state index contributed by atoms with van der Waals surface area (Å²) in [6.07, 6.45) is 3.77. The quantitative estimate of drug-likeness (QED) is 0.714. The number of hydrogen-bond acceptors (Lipinski definition) is 2. The van der Waals surface area contributed by atoms with Crippen LogP contribution in [0.5, 0.6) is 0 Å². The first-order chi connectivity index (χ1) is 5.99. The summed E-state index contributed by atoms with van der Waals surface area (Å²) in [7, 11) is 0. The van der Waals surface area contributed by atoms with Gasteiger partial charge in [0.05, 0.1) is 0 Å². The van der Waals surface area contributed by atoms with Crippen molar-refractivity contribution in [2.45, 2.75) is 37.7 Å². The molecule has 1 unspecified atom stereocenters. The van der Waals surface area contributed by atoms with Crippen molar-refractivity contribution in [1.29, 1.82) is 0 Å². The molecule has 0 amide bonds. The fourth-order valence-corrected chi connectivity index (χ4v) is 2.55. The number of aromatic nitrogens is 1. The lowest BCUT2D eigenvalue weighted by Crippen LogP contribution is -2.09. The van der Waals surface area contributed by atoms with Gasteiger partial charge >= 0.3 is 0 Å². The third-order valence-corrected chi connectivity index (χ3v) is 3.02. The van der Waals surface area contributed by atoms with Gasteiger partial charge in [0.2, 0.25) is 0 Å². The molecular formula is C11H17NS. The highest BCUT2D eigenvalue weighted by atomic mass is 32.2. The summed E-state index contributed by atoms with van der Waals surface area (Å²) in [5.74, 6) is 0. The molecule has 1 heterocycles. The Morgan fingerprint density at radius 1 is 1.38 bits per heavy atom. The molecule has 0 saturated carbocycles. The molecule has 0 saturated heterocycles. The van der Waals surface area contributed by atoms with Crippen LogP contribution in [0.25, 0.3) is 0 Å². The van der Waals surface area contributed by atoms with E-state index in [9.17, 15) is 0 Å². The molecule has 1 aromatic heterocycles. The van der Waals surface area contributed by atoms with Gasteiger partial charge in [0, 0.05) is 22.4 Å². The molecule has 0 N–H and O–H groups in total. The topological polar surface area (TPSA) is 12.9 Å². The molecule has 0 aromatic carbocycles. The molecule has 72 valence electrons. The molecule has 0 fully saturated rings. The molecule has 0 aliphatic rings. The summed E-state index contributed by atoms with van der Waals surface area (Å²) < 4.78 is 0.315. The van der Waals surface area contributed by atoms with Crippen LogP contribution in [0.15, 0.2) is 24.5 Å². The first kappa shape index (κ1) is 10.6. The van der Waals surface area contributed by atoms with Crippen LogP contribution in [0.3, 0.4) is 0 Å². The van der Waals surface area contributed by atoms with E-state index in [4.69, 9.17) is 0 Å². The second-order valence-electron chi connectivity index (χ2n) is 4.16. The van der Waals surface area contributed by atoms with Crippen LogP contribution >= 0.6 is 11.8 Å². The molecule has 13 heavy (non-hydrogen) atoms. The lowest BCUT2D eigenvalue weighted by atomic mass is 10.2. The normalized spacial score (nSPS) is 14.2. The second kappa shape index (κ2) is 4.14. The van der Waals surface area contributed by atoms with Crippen molar-refractivity contribution in [2.75, 3.05) is 0 Å². The van der Waals surface area contributed by atoms with E-state index in [-0.39, 0.29) is 0 Å². The fourth-order valence-electron chi connectivity index (χ4n) is 1.21. The van der Waals surface area contributed by atoms with Crippen molar-refractivity contribution >= 4 is 11.8 Å². The monoisotopic (exact) mass is 195 g/mol. The molecule has 1 atom stereocenters. The Kier molecular flexibility index (Phi) is 3.37. The molecule has 0 radical (unpaired) electrons. The molecule has 1 rings (SSSR count). The van der Waals surface area contributed by atoms with Gasteiger partial charge in [-0.05, 0) is 18.6 Å². The fraction of sp³-hybridized carbons (Fsp3) is 0.545. The average Bonchev–Trinajstić information content (AvgIpc) is 2.03. The van der Waals surface area contributed by atoms with E-state index < -0.39 is 0 Å². The van der Waals surface area contributed by atoms with Gasteiger partial charge in [0.25, 0.3) is 0 Å². The minimum absolute atomic E-state index is 0.315. The maximum absolute atomic E-state index is 4.12. The van der Waals surface area contributed by atoms with E-state index in [1.54, 1.807) is 0 Å². The first-order valence-corrected chi connectivity index (χ1v) is 5.45. The van der Waals surface area contributed by atoms with Gasteiger partial charge in [0.1, 0.15) is 0 Å². The summed E-state index contributed by atoms with van der Waals surface area (Å²) >= 11 is 1.97. The highest BCUT2D eigenvalue weighted by molar-refractivity contribution is 8.00. The van der Waals surface area contributed by atoms with E-state index in [0.717, 1.165) is 0 Å². The minimum atomic E-state index is 0.315. The molecular weight excluding hydrogens is 178 g/mol. The van der Waals surface area contributed by atoms with Crippen LogP contribution in [-0.2, 0) is 0 Å². The van der Waals surface area contributed by atoms with Gasteiger partial charge in [-0.15, -0.1) is 11.8 Å². The number of rotatable bonds is 2. The maximum Gasteiger partial charge on any atom is 0.0311 e. The number of nitrogens with zero attached hydrogens (tertiary/aromatic N) is 1. The summed E-state index contributed by atoms with van der Waals surface area (Å²) in [5.41, 5.74) is 1.31. The van der Waals surface area contributed by atoms with Gasteiger partial charge in [-0.25, -0.2) is 0 Å². The average molecular weight is 195 g/mol. The van der Waals surface area contributed by atoms with Crippen molar-refractivity contribution in [2.24, 2.45) is 0 Å². The number of hydrogen-bond donors (Lipinski definition) is 0. The van der Waals surface area contributed by atoms with E-state index >= 15 is 0 Å². The van der Waals surface area contributed by atoms with Crippen LogP contribution in [0, 0.1) is 0 Å². The van der Waals surface area contributed by atoms with Crippen molar-refractivity contribution < 1.29 is 0 Å². The predicted octanol–water partition coefficient (Wildman–Crippen LogP) is 3.67. The molecule has 1 nitrogen and oxygen atoms in total. The smallest absolute Gasteiger partial charge is 0.0311 e. The lowest BCUT2D eigenvalue weighted by Gasteiger charge is -2.22. The lowest BCUT2D eigenvalue weighted by molar-refractivity contribution is 0.794.